The summed E-state index contributed by atoms with van der Waals surface area (Å²) in [5, 5.41) is 0.251. The molecule has 0 aliphatic carbocycles. The van der Waals surface area contributed by atoms with Gasteiger partial charge in [-0.1, -0.05) is 11.6 Å². The highest BCUT2D eigenvalue weighted by molar-refractivity contribution is 7.55. The van der Waals surface area contributed by atoms with Gasteiger partial charge in [0.2, 0.25) is 0 Å². The van der Waals surface area contributed by atoms with Crippen LogP contribution in [0.1, 0.15) is 5.56 Å². The van der Waals surface area contributed by atoms with Crippen molar-refractivity contribution < 1.29 is 14.4 Å². The van der Waals surface area contributed by atoms with Crippen LogP contribution >= 0.6 is 19.2 Å². The minimum atomic E-state index is -4.33. The zero-order chi connectivity index (χ0) is 14.2. The molecule has 0 aliphatic heterocycles. The fourth-order valence-corrected chi connectivity index (χ4v) is 2.11. The fourth-order valence-electron chi connectivity index (χ4n) is 1.52. The van der Waals surface area contributed by atoms with E-state index in [1.807, 2.05) is 0 Å². The van der Waals surface area contributed by atoms with Crippen LogP contribution in [0.2, 0.25) is 5.02 Å². The summed E-state index contributed by atoms with van der Waals surface area (Å²) < 4.78 is 10.8. The standard InChI is InChI=1S/C10H8ClN2O5P/c11-6-3-5(1-2-19(16,17)18)8-7(4-6)12-9(14)10(15)13-8/h1-4H,(H,12,14)(H,13,15)(H2,16,17,18)/b2-1+. The summed E-state index contributed by atoms with van der Waals surface area (Å²) in [5.74, 6) is 0.682. The molecule has 4 N–H and O–H groups in total. The zero-order valence-corrected chi connectivity index (χ0v) is 10.9. The van der Waals surface area contributed by atoms with E-state index in [0.717, 1.165) is 6.08 Å². The van der Waals surface area contributed by atoms with Gasteiger partial charge in [-0.3, -0.25) is 14.2 Å². The molecule has 0 unspecified atom stereocenters. The zero-order valence-electron chi connectivity index (χ0n) is 9.25. The molecule has 0 radical (unpaired) electrons. The second kappa shape index (κ2) is 4.79. The summed E-state index contributed by atoms with van der Waals surface area (Å²) in [5.41, 5.74) is -0.916. The number of halogens is 1. The Morgan fingerprint density at radius 2 is 1.79 bits per heavy atom. The third kappa shape index (κ3) is 3.21. The smallest absolute Gasteiger partial charge is 0.321 e. The van der Waals surface area contributed by atoms with E-state index in [4.69, 9.17) is 21.4 Å². The Hall–Kier alpha value is -1.66. The van der Waals surface area contributed by atoms with E-state index >= 15 is 0 Å². The molecule has 19 heavy (non-hydrogen) atoms. The third-order valence-corrected chi connectivity index (χ3v) is 3.03. The molecule has 0 atom stereocenters. The van der Waals surface area contributed by atoms with Gasteiger partial charge in [0.05, 0.1) is 11.0 Å². The number of nitrogens with one attached hydrogen (secondary N) is 2. The molecule has 7 nitrogen and oxygen atoms in total. The maximum absolute atomic E-state index is 11.3. The Balaban J connectivity index is 2.77. The molecule has 0 aliphatic rings. The molecular formula is C10H8ClN2O5P. The minimum Gasteiger partial charge on any atom is -0.321 e. The first-order chi connectivity index (χ1) is 8.76. The Bertz CT molecular complexity index is 832. The lowest BCUT2D eigenvalue weighted by atomic mass is 10.2. The van der Waals surface area contributed by atoms with Crippen LogP contribution in [0.5, 0.6) is 0 Å². The van der Waals surface area contributed by atoms with Crippen LogP contribution in [0.15, 0.2) is 27.5 Å². The van der Waals surface area contributed by atoms with Crippen molar-refractivity contribution in [1.29, 1.82) is 0 Å². The van der Waals surface area contributed by atoms with Crippen LogP contribution in [0.25, 0.3) is 17.1 Å². The molecule has 0 fully saturated rings. The molecule has 1 heterocycles. The largest absolute Gasteiger partial charge is 0.349 e. The van der Waals surface area contributed by atoms with E-state index in [0.29, 0.717) is 5.82 Å². The van der Waals surface area contributed by atoms with Crippen LogP contribution in [0.3, 0.4) is 0 Å². The van der Waals surface area contributed by atoms with Gasteiger partial charge >= 0.3 is 18.7 Å². The minimum absolute atomic E-state index is 0.235. The number of aromatic amines is 2. The molecule has 0 spiro atoms. The Morgan fingerprint density at radius 3 is 2.42 bits per heavy atom. The maximum atomic E-state index is 11.3. The highest BCUT2D eigenvalue weighted by atomic mass is 35.5. The molecule has 0 bridgehead atoms. The van der Waals surface area contributed by atoms with Gasteiger partial charge in [-0.05, 0) is 18.2 Å². The SMILES string of the molecule is O=c1[nH]c2cc(Cl)cc(/C=C/P(=O)(O)O)c2[nH]c1=O. The van der Waals surface area contributed by atoms with Crippen molar-refractivity contribution in [2.75, 3.05) is 0 Å². The first kappa shape index (κ1) is 13.8. The quantitative estimate of drug-likeness (QED) is 0.487. The first-order valence-corrected chi connectivity index (χ1v) is 7.02. The number of fused-ring (bicyclic) bond motifs is 1. The van der Waals surface area contributed by atoms with Crippen LogP contribution in [-0.2, 0) is 4.57 Å². The molecule has 100 valence electrons. The fraction of sp³-hybridized carbons (Fsp3) is 0. The maximum Gasteiger partial charge on any atom is 0.349 e. The van der Waals surface area contributed by atoms with E-state index in [2.05, 4.69) is 9.97 Å². The summed E-state index contributed by atoms with van der Waals surface area (Å²) in [6.45, 7) is 0. The van der Waals surface area contributed by atoms with E-state index in [-0.39, 0.29) is 21.6 Å². The summed E-state index contributed by atoms with van der Waals surface area (Å²) in [6.07, 6.45) is 1.13. The molecule has 1 aromatic heterocycles. The molecule has 2 aromatic rings. The lowest BCUT2D eigenvalue weighted by Gasteiger charge is -2.03. The average Bonchev–Trinajstić information content (AvgIpc) is 2.27. The highest BCUT2D eigenvalue weighted by Gasteiger charge is 2.09. The number of benzene rings is 1. The lowest BCUT2D eigenvalue weighted by molar-refractivity contribution is 0.386. The molecule has 0 amide bonds. The molecule has 2 rings (SSSR count). The summed E-state index contributed by atoms with van der Waals surface area (Å²) in [4.78, 5) is 44.7. The van der Waals surface area contributed by atoms with Crippen molar-refractivity contribution in [2.45, 2.75) is 0 Å². The first-order valence-electron chi connectivity index (χ1n) is 4.96. The van der Waals surface area contributed by atoms with Crippen molar-refractivity contribution in [1.82, 2.24) is 9.97 Å². The Morgan fingerprint density at radius 1 is 1.16 bits per heavy atom. The number of aromatic nitrogens is 2. The van der Waals surface area contributed by atoms with Gasteiger partial charge in [0.1, 0.15) is 0 Å². The monoisotopic (exact) mass is 302 g/mol. The summed E-state index contributed by atoms with van der Waals surface area (Å²) in [7, 11) is -4.33. The van der Waals surface area contributed by atoms with E-state index in [9.17, 15) is 14.2 Å². The van der Waals surface area contributed by atoms with Gasteiger partial charge in [0.15, 0.2) is 0 Å². The topological polar surface area (TPSA) is 123 Å². The van der Waals surface area contributed by atoms with E-state index in [1.54, 1.807) is 0 Å². The van der Waals surface area contributed by atoms with E-state index in [1.165, 1.54) is 12.1 Å². The van der Waals surface area contributed by atoms with E-state index < -0.39 is 18.7 Å². The number of rotatable bonds is 2. The van der Waals surface area contributed by atoms with Gasteiger partial charge in [0, 0.05) is 16.4 Å². The van der Waals surface area contributed by atoms with Gasteiger partial charge in [-0.25, -0.2) is 0 Å². The van der Waals surface area contributed by atoms with Crippen molar-refractivity contribution >= 4 is 36.3 Å². The lowest BCUT2D eigenvalue weighted by Crippen LogP contribution is -2.29. The molecular weight excluding hydrogens is 295 g/mol. The van der Waals surface area contributed by atoms with Gasteiger partial charge in [-0.15, -0.1) is 0 Å². The molecule has 0 saturated heterocycles. The van der Waals surface area contributed by atoms with Gasteiger partial charge < -0.3 is 19.8 Å². The highest BCUT2D eigenvalue weighted by Crippen LogP contribution is 2.37. The van der Waals surface area contributed by atoms with Crippen LogP contribution in [-0.4, -0.2) is 19.8 Å². The van der Waals surface area contributed by atoms with Crippen molar-refractivity contribution in [2.24, 2.45) is 0 Å². The Labute approximate surface area is 110 Å². The van der Waals surface area contributed by atoms with Crippen molar-refractivity contribution in [3.05, 3.63) is 49.2 Å². The second-order valence-corrected chi connectivity index (χ2v) is 5.64. The summed E-state index contributed by atoms with van der Waals surface area (Å²) in [6, 6.07) is 2.83. The van der Waals surface area contributed by atoms with Crippen molar-refractivity contribution in [3.63, 3.8) is 0 Å². The molecule has 9 heteroatoms. The normalized spacial score (nSPS) is 12.4. The van der Waals surface area contributed by atoms with Gasteiger partial charge in [0.25, 0.3) is 0 Å². The number of hydrogen-bond acceptors (Lipinski definition) is 3. The van der Waals surface area contributed by atoms with Crippen LogP contribution in [0.4, 0.5) is 0 Å². The third-order valence-electron chi connectivity index (χ3n) is 2.27. The predicted molar refractivity (Wildman–Crippen MR) is 71.3 cm³/mol. The molecule has 0 saturated carbocycles. The summed E-state index contributed by atoms with van der Waals surface area (Å²) >= 11 is 5.82. The number of H-pyrrole nitrogens is 2. The average molecular weight is 303 g/mol. The second-order valence-electron chi connectivity index (χ2n) is 3.73. The number of hydrogen-bond donors (Lipinski definition) is 4. The Kier molecular flexibility index (Phi) is 3.47. The predicted octanol–water partition coefficient (Wildman–Crippen LogP) is 1.02. The van der Waals surface area contributed by atoms with Crippen molar-refractivity contribution in [3.8, 4) is 0 Å². The van der Waals surface area contributed by atoms with Crippen LogP contribution < -0.4 is 11.1 Å². The van der Waals surface area contributed by atoms with Crippen LogP contribution in [0, 0.1) is 0 Å². The molecule has 1 aromatic carbocycles. The van der Waals surface area contributed by atoms with Gasteiger partial charge in [-0.2, -0.15) is 0 Å².